The average Bonchev–Trinajstić information content (AvgIpc) is 3.12. The van der Waals surface area contributed by atoms with Crippen molar-refractivity contribution < 1.29 is 23.5 Å². The van der Waals surface area contributed by atoms with Crippen molar-refractivity contribution in [1.29, 1.82) is 0 Å². The number of nitrogens with one attached hydrogen (secondary N) is 2. The van der Waals surface area contributed by atoms with Gasteiger partial charge in [-0.1, -0.05) is 42.2 Å². The van der Waals surface area contributed by atoms with Gasteiger partial charge in [-0.3, -0.25) is 19.9 Å². The van der Waals surface area contributed by atoms with Crippen LogP contribution in [-0.4, -0.2) is 42.0 Å². The van der Waals surface area contributed by atoms with Gasteiger partial charge in [-0.25, -0.2) is 4.39 Å². The number of ether oxygens (including phenoxy) is 2. The number of benzene rings is 3. The predicted molar refractivity (Wildman–Crippen MR) is 162 cm³/mol. The van der Waals surface area contributed by atoms with E-state index in [0.717, 1.165) is 5.56 Å². The van der Waals surface area contributed by atoms with Gasteiger partial charge in [0, 0.05) is 31.4 Å². The zero-order valence-electron chi connectivity index (χ0n) is 24.1. The summed E-state index contributed by atoms with van der Waals surface area (Å²) in [6, 6.07) is 23.1. The van der Waals surface area contributed by atoms with E-state index in [2.05, 4.69) is 27.5 Å². The second kappa shape index (κ2) is 12.8. The number of nitrogens with zero attached hydrogens (tertiary/aromatic N) is 2. The predicted octanol–water partition coefficient (Wildman–Crippen LogP) is 5.09. The van der Waals surface area contributed by atoms with E-state index in [9.17, 15) is 14.0 Å². The second-order valence-corrected chi connectivity index (χ2v) is 10.6. The van der Waals surface area contributed by atoms with Gasteiger partial charge < -0.3 is 19.7 Å². The van der Waals surface area contributed by atoms with Crippen molar-refractivity contribution in [2.24, 2.45) is 0 Å². The fraction of sp³-hybridized carbons (Fsp3) is 0.206. The Morgan fingerprint density at radius 2 is 1.84 bits per heavy atom. The molecule has 43 heavy (non-hydrogen) atoms. The topological polar surface area (TPSA) is 92.8 Å². The number of aromatic nitrogens is 1. The van der Waals surface area contributed by atoms with Crippen LogP contribution >= 0.6 is 0 Å². The van der Waals surface area contributed by atoms with E-state index in [1.165, 1.54) is 29.3 Å². The minimum absolute atomic E-state index is 0.0481. The first-order valence-electron chi connectivity index (χ1n) is 13.7. The minimum atomic E-state index is -0.936. The van der Waals surface area contributed by atoms with Crippen LogP contribution in [0.1, 0.15) is 35.5 Å². The van der Waals surface area contributed by atoms with Gasteiger partial charge in [0.25, 0.3) is 11.8 Å². The Labute approximate surface area is 249 Å². The Kier molecular flexibility index (Phi) is 8.69. The lowest BCUT2D eigenvalue weighted by Crippen LogP contribution is -2.49. The number of carbonyl (C=O) groups is 2. The smallest absolute Gasteiger partial charge is 0.270 e. The normalized spacial score (nSPS) is 14.5. The molecule has 1 aliphatic rings. The molecule has 0 radical (unpaired) electrons. The Hall–Kier alpha value is -5.20. The molecule has 8 nitrogen and oxygen atoms in total. The number of amides is 2. The van der Waals surface area contributed by atoms with Gasteiger partial charge in [0.2, 0.25) is 0 Å². The summed E-state index contributed by atoms with van der Waals surface area (Å²) >= 11 is 0. The van der Waals surface area contributed by atoms with Crippen molar-refractivity contribution in [3.8, 4) is 29.1 Å². The average molecular weight is 579 g/mol. The van der Waals surface area contributed by atoms with Gasteiger partial charge in [-0.15, -0.1) is 0 Å². The van der Waals surface area contributed by atoms with Crippen LogP contribution < -0.4 is 25.0 Å². The molecule has 3 aromatic carbocycles. The number of hydrogen-bond acceptors (Lipinski definition) is 6. The number of para-hydroxylation sites is 1. The summed E-state index contributed by atoms with van der Waals surface area (Å²) in [4.78, 5) is 32.0. The van der Waals surface area contributed by atoms with E-state index in [-0.39, 0.29) is 24.0 Å². The second-order valence-electron chi connectivity index (χ2n) is 10.6. The highest BCUT2D eigenvalue weighted by molar-refractivity contribution is 6.03. The third kappa shape index (κ3) is 7.56. The van der Waals surface area contributed by atoms with Gasteiger partial charge in [0.1, 0.15) is 41.4 Å². The van der Waals surface area contributed by atoms with E-state index in [1.54, 1.807) is 49.5 Å². The number of anilines is 1. The molecule has 2 N–H and O–H groups in total. The van der Waals surface area contributed by atoms with E-state index in [0.29, 0.717) is 35.0 Å². The van der Waals surface area contributed by atoms with Gasteiger partial charge in [-0.05, 0) is 67.9 Å². The number of likely N-dealkylation sites (N-methyl/N-ethyl adjacent to an activating group) is 1. The number of carbonyl (C=O) groups excluding carboxylic acids is 2. The molecular weight excluding hydrogens is 547 g/mol. The summed E-state index contributed by atoms with van der Waals surface area (Å²) < 4.78 is 24.9. The van der Waals surface area contributed by atoms with Crippen LogP contribution in [-0.2, 0) is 11.3 Å². The summed E-state index contributed by atoms with van der Waals surface area (Å²) in [5.41, 5.74) is 1.76. The number of rotatable bonds is 7. The Bertz CT molecular complexity index is 1680. The maximum atomic E-state index is 13.4. The van der Waals surface area contributed by atoms with Gasteiger partial charge in [0.05, 0.1) is 11.2 Å². The molecule has 0 fully saturated rings. The van der Waals surface area contributed by atoms with Crippen molar-refractivity contribution in [3.05, 3.63) is 114 Å². The molecule has 0 saturated heterocycles. The van der Waals surface area contributed by atoms with Crippen LogP contribution in [0.3, 0.4) is 0 Å². The number of fused-ring (bicyclic) bond motifs is 1. The van der Waals surface area contributed by atoms with Gasteiger partial charge >= 0.3 is 0 Å². The monoisotopic (exact) mass is 578 g/mol. The maximum absolute atomic E-state index is 13.4. The Morgan fingerprint density at radius 3 is 2.60 bits per heavy atom. The molecule has 0 aliphatic carbocycles. The molecule has 9 heteroatoms. The van der Waals surface area contributed by atoms with Crippen LogP contribution in [0.25, 0.3) is 0 Å². The highest BCUT2D eigenvalue weighted by atomic mass is 19.1. The highest BCUT2D eigenvalue weighted by Gasteiger charge is 2.31. The minimum Gasteiger partial charge on any atom is -0.489 e. The molecule has 0 spiro atoms. The van der Waals surface area contributed by atoms with E-state index in [4.69, 9.17) is 9.47 Å². The third-order valence-corrected chi connectivity index (χ3v) is 6.77. The first-order valence-corrected chi connectivity index (χ1v) is 13.7. The van der Waals surface area contributed by atoms with Crippen molar-refractivity contribution in [3.63, 3.8) is 0 Å². The molecule has 0 unspecified atom stereocenters. The molecule has 1 aromatic heterocycles. The van der Waals surface area contributed by atoms with Crippen molar-refractivity contribution >= 4 is 17.5 Å². The summed E-state index contributed by atoms with van der Waals surface area (Å²) in [5.74, 6) is 6.83. The zero-order chi connectivity index (χ0) is 30.4. The Balaban J connectivity index is 1.24. The summed E-state index contributed by atoms with van der Waals surface area (Å²) in [5, 5.41) is 6.11. The lowest BCUT2D eigenvalue weighted by molar-refractivity contribution is -0.120. The molecule has 218 valence electrons. The quantitative estimate of drug-likeness (QED) is 0.297. The highest BCUT2D eigenvalue weighted by Crippen LogP contribution is 2.31. The van der Waals surface area contributed by atoms with Gasteiger partial charge in [0.15, 0.2) is 0 Å². The largest absolute Gasteiger partial charge is 0.489 e. The molecular formula is C34H31FN4O4. The van der Waals surface area contributed by atoms with Crippen LogP contribution in [0.2, 0.25) is 0 Å². The van der Waals surface area contributed by atoms with Crippen molar-refractivity contribution in [2.75, 3.05) is 18.6 Å². The van der Waals surface area contributed by atoms with Crippen LogP contribution in [0.4, 0.5) is 10.1 Å². The maximum Gasteiger partial charge on any atom is 0.270 e. The van der Waals surface area contributed by atoms with Crippen LogP contribution in [0.5, 0.6) is 17.2 Å². The SMILES string of the molecule is CN1C(=O)[C@H](NC(=O)c2cc(Oc3ccccc3)ccn2)COc2ccc(C#CC(C)(C)NCc3ccc(F)cc3)cc21. The summed E-state index contributed by atoms with van der Waals surface area (Å²) in [6.45, 7) is 4.40. The lowest BCUT2D eigenvalue weighted by atomic mass is 10.0. The Morgan fingerprint density at radius 1 is 1.07 bits per heavy atom. The standard InChI is InChI=1S/C34H31FN4O4/c1-34(2,37-21-24-9-12-25(35)13-10-24)17-15-23-11-14-31-30(19-23)39(3)33(41)29(22-42-31)38-32(40)28-20-27(16-18-36-28)43-26-7-5-4-6-8-26/h4-14,16,18-20,29,37H,21-22H2,1-3H3,(H,38,40)/t29-/m1/s1. The van der Waals surface area contributed by atoms with Gasteiger partial charge in [-0.2, -0.15) is 0 Å². The molecule has 1 atom stereocenters. The van der Waals surface area contributed by atoms with E-state index < -0.39 is 17.5 Å². The summed E-state index contributed by atoms with van der Waals surface area (Å²) in [7, 11) is 1.63. The summed E-state index contributed by atoms with van der Waals surface area (Å²) in [6.07, 6.45) is 1.47. The van der Waals surface area contributed by atoms with Crippen LogP contribution in [0, 0.1) is 17.7 Å². The van der Waals surface area contributed by atoms with Crippen molar-refractivity contribution in [2.45, 2.75) is 32.0 Å². The molecule has 4 aromatic rings. The molecule has 0 bridgehead atoms. The fourth-order valence-electron chi connectivity index (χ4n) is 4.33. The molecule has 2 amide bonds. The van der Waals surface area contributed by atoms with E-state index >= 15 is 0 Å². The lowest BCUT2D eigenvalue weighted by Gasteiger charge is -2.21. The third-order valence-electron chi connectivity index (χ3n) is 6.77. The number of halogens is 1. The fourth-order valence-corrected chi connectivity index (χ4v) is 4.33. The zero-order valence-corrected chi connectivity index (χ0v) is 24.1. The number of hydrogen-bond donors (Lipinski definition) is 2. The van der Waals surface area contributed by atoms with E-state index in [1.807, 2.05) is 38.1 Å². The van der Waals surface area contributed by atoms with Crippen LogP contribution in [0.15, 0.2) is 91.1 Å². The molecule has 1 aliphatic heterocycles. The number of pyridine rings is 1. The molecule has 2 heterocycles. The molecule has 0 saturated carbocycles. The first kappa shape index (κ1) is 29.3. The first-order chi connectivity index (χ1) is 20.7. The van der Waals surface area contributed by atoms with Crippen molar-refractivity contribution in [1.82, 2.24) is 15.6 Å². The molecule has 5 rings (SSSR count).